The normalized spacial score (nSPS) is 12.7. The zero-order valence-electron chi connectivity index (χ0n) is 10.9. The number of rotatable bonds is 4. The summed E-state index contributed by atoms with van der Waals surface area (Å²) in [6.07, 6.45) is -0.579. The van der Waals surface area contributed by atoms with Gasteiger partial charge in [-0.1, -0.05) is 13.8 Å². The van der Waals surface area contributed by atoms with E-state index in [4.69, 9.17) is 9.47 Å². The minimum absolute atomic E-state index is 0.310. The fourth-order valence-electron chi connectivity index (χ4n) is 1.81. The van der Waals surface area contributed by atoms with Gasteiger partial charge in [0, 0.05) is 5.56 Å². The van der Waals surface area contributed by atoms with E-state index in [1.54, 1.807) is 21.1 Å². The molecule has 0 aliphatic carbocycles. The number of hydrogen-bond donors (Lipinski definition) is 1. The average molecular weight is 303 g/mol. The summed E-state index contributed by atoms with van der Waals surface area (Å²) >= 11 is 3.48. The summed E-state index contributed by atoms with van der Waals surface area (Å²) in [6, 6.07) is 1.94. The van der Waals surface area contributed by atoms with Crippen LogP contribution in [0.3, 0.4) is 0 Å². The van der Waals surface area contributed by atoms with E-state index >= 15 is 0 Å². The van der Waals surface area contributed by atoms with Crippen molar-refractivity contribution in [2.75, 3.05) is 14.2 Å². The first-order valence-electron chi connectivity index (χ1n) is 5.56. The summed E-state index contributed by atoms with van der Waals surface area (Å²) in [6.45, 7) is 5.89. The molecule has 0 saturated carbocycles. The molecule has 1 N–H and O–H groups in total. The molecule has 0 heterocycles. The maximum Gasteiger partial charge on any atom is 0.142 e. The summed E-state index contributed by atoms with van der Waals surface area (Å²) < 4.78 is 11.5. The van der Waals surface area contributed by atoms with Crippen LogP contribution in [-0.2, 0) is 0 Å². The third-order valence-corrected chi connectivity index (χ3v) is 3.43. The Kier molecular flexibility index (Phi) is 4.83. The topological polar surface area (TPSA) is 38.7 Å². The molecule has 1 aromatic rings. The highest BCUT2D eigenvalue weighted by atomic mass is 79.9. The Bertz CT molecular complexity index is 366. The van der Waals surface area contributed by atoms with E-state index in [1.807, 2.05) is 6.07 Å². The Labute approximate surface area is 111 Å². The Morgan fingerprint density at radius 3 is 1.88 bits per heavy atom. The maximum absolute atomic E-state index is 9.79. The number of aliphatic hydroxyl groups is 1. The number of ether oxygens (including phenoxy) is 2. The average Bonchev–Trinajstić information content (AvgIpc) is 2.27. The van der Waals surface area contributed by atoms with Crippen LogP contribution >= 0.6 is 15.9 Å². The Morgan fingerprint density at radius 2 is 1.53 bits per heavy atom. The number of halogens is 1. The molecule has 0 spiro atoms. The van der Waals surface area contributed by atoms with E-state index < -0.39 is 6.10 Å². The van der Waals surface area contributed by atoms with Crippen molar-refractivity contribution in [1.82, 2.24) is 0 Å². The minimum atomic E-state index is -0.579. The van der Waals surface area contributed by atoms with Crippen molar-refractivity contribution in [3.63, 3.8) is 0 Å². The fraction of sp³-hybridized carbons (Fsp3) is 0.538. The van der Waals surface area contributed by atoms with E-state index in [2.05, 4.69) is 29.8 Å². The molecule has 0 aliphatic rings. The van der Waals surface area contributed by atoms with Crippen molar-refractivity contribution in [2.45, 2.75) is 32.8 Å². The van der Waals surface area contributed by atoms with Gasteiger partial charge < -0.3 is 14.6 Å². The van der Waals surface area contributed by atoms with Crippen molar-refractivity contribution in [1.29, 1.82) is 0 Å². The second-order valence-corrected chi connectivity index (χ2v) is 5.06. The lowest BCUT2D eigenvalue weighted by Crippen LogP contribution is -2.03. The zero-order valence-corrected chi connectivity index (χ0v) is 12.5. The van der Waals surface area contributed by atoms with Gasteiger partial charge in [-0.2, -0.15) is 0 Å². The maximum atomic E-state index is 9.79. The van der Waals surface area contributed by atoms with Crippen LogP contribution in [0.2, 0.25) is 0 Å². The molecule has 0 saturated heterocycles. The third kappa shape index (κ3) is 2.75. The molecule has 0 amide bonds. The van der Waals surface area contributed by atoms with Gasteiger partial charge in [-0.05, 0) is 40.4 Å². The van der Waals surface area contributed by atoms with Crippen LogP contribution in [0.15, 0.2) is 10.5 Å². The minimum Gasteiger partial charge on any atom is -0.495 e. The predicted octanol–water partition coefficient (Wildman–Crippen LogP) is 3.64. The fourth-order valence-corrected chi connectivity index (χ4v) is 2.59. The highest BCUT2D eigenvalue weighted by Crippen LogP contribution is 2.44. The molecule has 0 bridgehead atoms. The lowest BCUT2D eigenvalue weighted by Gasteiger charge is -2.20. The van der Waals surface area contributed by atoms with Gasteiger partial charge >= 0.3 is 0 Å². The molecule has 0 radical (unpaired) electrons. The van der Waals surface area contributed by atoms with Gasteiger partial charge in [0.25, 0.3) is 0 Å². The van der Waals surface area contributed by atoms with E-state index in [9.17, 15) is 5.11 Å². The van der Waals surface area contributed by atoms with Gasteiger partial charge in [0.2, 0.25) is 0 Å². The molecule has 0 aliphatic heterocycles. The van der Waals surface area contributed by atoms with Crippen LogP contribution in [0.5, 0.6) is 11.5 Å². The Balaban J connectivity index is 3.54. The third-order valence-electron chi connectivity index (χ3n) is 2.71. The molecule has 1 unspecified atom stereocenters. The molecule has 4 heteroatoms. The predicted molar refractivity (Wildman–Crippen MR) is 72.0 cm³/mol. The first-order valence-corrected chi connectivity index (χ1v) is 6.35. The van der Waals surface area contributed by atoms with Crippen molar-refractivity contribution in [2.24, 2.45) is 0 Å². The van der Waals surface area contributed by atoms with Crippen LogP contribution in [0.4, 0.5) is 0 Å². The standard InChI is InChI=1S/C13H19BrO3/c1-7(2)9-6-10(8(3)15)13(17-5)11(14)12(9)16-4/h6-8,15H,1-5H3. The molecule has 1 aromatic carbocycles. The van der Waals surface area contributed by atoms with Crippen LogP contribution in [0, 0.1) is 0 Å². The SMILES string of the molecule is COc1c(C(C)C)cc(C(C)O)c(OC)c1Br. The first kappa shape index (κ1) is 14.3. The number of hydrogen-bond acceptors (Lipinski definition) is 3. The van der Waals surface area contributed by atoms with Crippen molar-refractivity contribution < 1.29 is 14.6 Å². The quantitative estimate of drug-likeness (QED) is 0.923. The molecule has 96 valence electrons. The molecule has 1 atom stereocenters. The zero-order chi connectivity index (χ0) is 13.2. The lowest BCUT2D eigenvalue weighted by molar-refractivity contribution is 0.193. The summed E-state index contributed by atoms with van der Waals surface area (Å²) in [4.78, 5) is 0. The smallest absolute Gasteiger partial charge is 0.142 e. The van der Waals surface area contributed by atoms with Gasteiger partial charge in [-0.15, -0.1) is 0 Å². The Morgan fingerprint density at radius 1 is 1.06 bits per heavy atom. The first-order chi connectivity index (χ1) is 7.93. The van der Waals surface area contributed by atoms with Gasteiger partial charge in [0.1, 0.15) is 16.0 Å². The van der Waals surface area contributed by atoms with Crippen molar-refractivity contribution in [3.05, 3.63) is 21.7 Å². The molecular formula is C13H19BrO3. The molecule has 3 nitrogen and oxygen atoms in total. The second-order valence-electron chi connectivity index (χ2n) is 4.27. The van der Waals surface area contributed by atoms with E-state index in [0.717, 1.165) is 21.3 Å². The summed E-state index contributed by atoms with van der Waals surface area (Å²) in [7, 11) is 3.22. The highest BCUT2D eigenvalue weighted by Gasteiger charge is 2.21. The monoisotopic (exact) mass is 302 g/mol. The summed E-state index contributed by atoms with van der Waals surface area (Å²) in [5, 5.41) is 9.79. The largest absolute Gasteiger partial charge is 0.495 e. The van der Waals surface area contributed by atoms with Crippen LogP contribution in [0.1, 0.15) is 43.9 Å². The van der Waals surface area contributed by atoms with Gasteiger partial charge in [-0.25, -0.2) is 0 Å². The van der Waals surface area contributed by atoms with Crippen LogP contribution < -0.4 is 9.47 Å². The van der Waals surface area contributed by atoms with Gasteiger partial charge in [0.15, 0.2) is 0 Å². The van der Waals surface area contributed by atoms with Crippen LogP contribution in [0.25, 0.3) is 0 Å². The van der Waals surface area contributed by atoms with Crippen molar-refractivity contribution >= 4 is 15.9 Å². The van der Waals surface area contributed by atoms with E-state index in [-0.39, 0.29) is 0 Å². The summed E-state index contributed by atoms with van der Waals surface area (Å²) in [5.41, 5.74) is 1.82. The summed E-state index contributed by atoms with van der Waals surface area (Å²) in [5.74, 6) is 1.70. The van der Waals surface area contributed by atoms with Crippen LogP contribution in [-0.4, -0.2) is 19.3 Å². The number of methoxy groups -OCH3 is 2. The van der Waals surface area contributed by atoms with Gasteiger partial charge in [0.05, 0.1) is 20.3 Å². The van der Waals surface area contributed by atoms with E-state index in [1.165, 1.54) is 0 Å². The highest BCUT2D eigenvalue weighted by molar-refractivity contribution is 9.10. The molecular weight excluding hydrogens is 284 g/mol. The second kappa shape index (κ2) is 5.74. The number of aliphatic hydroxyl groups excluding tert-OH is 1. The Hall–Kier alpha value is -0.740. The molecule has 17 heavy (non-hydrogen) atoms. The number of benzene rings is 1. The molecule has 1 rings (SSSR count). The molecule has 0 fully saturated rings. The van der Waals surface area contributed by atoms with Crippen molar-refractivity contribution in [3.8, 4) is 11.5 Å². The van der Waals surface area contributed by atoms with E-state index in [0.29, 0.717) is 11.7 Å². The molecule has 0 aromatic heterocycles. The van der Waals surface area contributed by atoms with Gasteiger partial charge in [-0.3, -0.25) is 0 Å². The lowest BCUT2D eigenvalue weighted by atomic mass is 9.97.